The van der Waals surface area contributed by atoms with Crippen LogP contribution in [-0.2, 0) is 0 Å². The average molecular weight is 414 g/mol. The third-order valence-corrected chi connectivity index (χ3v) is 4.77. The van der Waals surface area contributed by atoms with Gasteiger partial charge >= 0.3 is 0 Å². The van der Waals surface area contributed by atoms with E-state index in [0.717, 1.165) is 23.2 Å². The molecule has 4 aromatic rings. The van der Waals surface area contributed by atoms with E-state index in [1.54, 1.807) is 40.1 Å². The second-order valence-electron chi connectivity index (χ2n) is 6.96. The van der Waals surface area contributed by atoms with Crippen LogP contribution < -0.4 is 0 Å². The van der Waals surface area contributed by atoms with E-state index in [1.807, 2.05) is 31.2 Å². The average Bonchev–Trinajstić information content (AvgIpc) is 3.46. The van der Waals surface area contributed by atoms with E-state index in [-0.39, 0.29) is 12.5 Å². The summed E-state index contributed by atoms with van der Waals surface area (Å²) in [5.41, 5.74) is 4.36. The molecule has 4 rings (SSSR count). The second kappa shape index (κ2) is 9.24. The molecule has 0 aliphatic rings. The van der Waals surface area contributed by atoms with Crippen molar-refractivity contribution in [2.75, 3.05) is 19.7 Å². The highest BCUT2D eigenvalue weighted by Crippen LogP contribution is 2.19. The van der Waals surface area contributed by atoms with Gasteiger partial charge in [0.1, 0.15) is 5.69 Å². The van der Waals surface area contributed by atoms with Gasteiger partial charge in [-0.25, -0.2) is 9.50 Å². The molecule has 1 amide bonds. The highest BCUT2D eigenvalue weighted by atomic mass is 16.3. The number of aliphatic hydroxyl groups is 1. The molecule has 0 unspecified atom stereocenters. The van der Waals surface area contributed by atoms with Crippen LogP contribution in [0.3, 0.4) is 0 Å². The van der Waals surface area contributed by atoms with Crippen LogP contribution in [0.5, 0.6) is 0 Å². The van der Waals surface area contributed by atoms with Gasteiger partial charge in [-0.3, -0.25) is 9.89 Å². The van der Waals surface area contributed by atoms with Crippen molar-refractivity contribution >= 4 is 11.6 Å². The minimum absolute atomic E-state index is 0.0511. The highest BCUT2D eigenvalue weighted by molar-refractivity contribution is 5.94. The van der Waals surface area contributed by atoms with Gasteiger partial charge in [-0.05, 0) is 36.6 Å². The summed E-state index contributed by atoms with van der Waals surface area (Å²) in [6.45, 7) is 2.90. The third-order valence-electron chi connectivity index (χ3n) is 4.77. The number of aliphatic hydroxyl groups excluding tert-OH is 1. The standard InChI is InChI=1S/C23H22N6O2/c1-2-11-28(12-13-30)23(31)19-6-4-18(5-7-19)21-9-10-22-24-16-20(29(22)27-21)8-3-17-14-25-26-15-17/h4-7,9-10,14-16,30H,2,11-13H2,1H3,(H,25,26). The maximum atomic E-state index is 12.7. The molecular weight excluding hydrogens is 392 g/mol. The Bertz CT molecular complexity index is 1230. The number of nitrogens with one attached hydrogen (secondary N) is 1. The number of hydrogen-bond donors (Lipinski definition) is 2. The number of aromatic nitrogens is 5. The lowest BCUT2D eigenvalue weighted by molar-refractivity contribution is 0.0722. The minimum atomic E-state index is -0.0859. The lowest BCUT2D eigenvalue weighted by Gasteiger charge is -2.21. The number of rotatable bonds is 6. The largest absolute Gasteiger partial charge is 0.395 e. The summed E-state index contributed by atoms with van der Waals surface area (Å²) in [5.74, 6) is 6.01. The molecule has 0 aliphatic heterocycles. The van der Waals surface area contributed by atoms with Crippen molar-refractivity contribution in [3.05, 3.63) is 71.8 Å². The van der Waals surface area contributed by atoms with Crippen molar-refractivity contribution in [2.45, 2.75) is 13.3 Å². The number of carbonyl (C=O) groups is 1. The predicted molar refractivity (Wildman–Crippen MR) is 116 cm³/mol. The molecule has 0 fully saturated rings. The normalized spacial score (nSPS) is 10.6. The molecule has 8 nitrogen and oxygen atoms in total. The maximum Gasteiger partial charge on any atom is 0.253 e. The van der Waals surface area contributed by atoms with Gasteiger partial charge in [0, 0.05) is 30.4 Å². The minimum Gasteiger partial charge on any atom is -0.395 e. The predicted octanol–water partition coefficient (Wildman–Crippen LogP) is 2.36. The van der Waals surface area contributed by atoms with E-state index in [0.29, 0.717) is 30.0 Å². The number of amides is 1. The third kappa shape index (κ3) is 4.47. The molecule has 0 spiro atoms. The Kier molecular flexibility index (Phi) is 6.05. The van der Waals surface area contributed by atoms with Gasteiger partial charge in [-0.1, -0.05) is 25.0 Å². The van der Waals surface area contributed by atoms with E-state index < -0.39 is 0 Å². The topological polar surface area (TPSA) is 99.4 Å². The maximum absolute atomic E-state index is 12.7. The number of carbonyl (C=O) groups excluding carboxylic acids is 1. The molecule has 0 radical (unpaired) electrons. The zero-order valence-electron chi connectivity index (χ0n) is 17.1. The van der Waals surface area contributed by atoms with Gasteiger partial charge in [0.15, 0.2) is 5.65 Å². The zero-order chi connectivity index (χ0) is 21.6. The number of hydrogen-bond acceptors (Lipinski definition) is 5. The van der Waals surface area contributed by atoms with Crippen molar-refractivity contribution in [3.8, 4) is 23.1 Å². The fraction of sp³-hybridized carbons (Fsp3) is 0.217. The number of aromatic amines is 1. The first-order valence-corrected chi connectivity index (χ1v) is 10.1. The van der Waals surface area contributed by atoms with Crippen LogP contribution >= 0.6 is 0 Å². The van der Waals surface area contributed by atoms with Crippen LogP contribution in [0.2, 0.25) is 0 Å². The summed E-state index contributed by atoms with van der Waals surface area (Å²) in [4.78, 5) is 18.7. The van der Waals surface area contributed by atoms with Crippen LogP contribution in [0.1, 0.15) is 35.0 Å². The van der Waals surface area contributed by atoms with Crippen molar-refractivity contribution in [2.24, 2.45) is 0 Å². The molecule has 156 valence electrons. The molecule has 0 atom stereocenters. The number of fused-ring (bicyclic) bond motifs is 1. The number of H-pyrrole nitrogens is 1. The summed E-state index contributed by atoms with van der Waals surface area (Å²) >= 11 is 0. The molecule has 3 heterocycles. The molecule has 0 saturated heterocycles. The first-order chi connectivity index (χ1) is 15.2. The number of nitrogens with zero attached hydrogens (tertiary/aromatic N) is 5. The van der Waals surface area contributed by atoms with Crippen LogP contribution in [0.4, 0.5) is 0 Å². The molecule has 8 heteroatoms. The molecule has 0 saturated carbocycles. The quantitative estimate of drug-likeness (QED) is 0.472. The fourth-order valence-electron chi connectivity index (χ4n) is 3.24. The van der Waals surface area contributed by atoms with E-state index in [1.165, 1.54) is 0 Å². The zero-order valence-corrected chi connectivity index (χ0v) is 17.1. The van der Waals surface area contributed by atoms with Crippen LogP contribution in [0.25, 0.3) is 16.9 Å². The molecule has 31 heavy (non-hydrogen) atoms. The monoisotopic (exact) mass is 414 g/mol. The lowest BCUT2D eigenvalue weighted by Crippen LogP contribution is -2.34. The Morgan fingerprint density at radius 2 is 1.97 bits per heavy atom. The molecule has 3 aromatic heterocycles. The summed E-state index contributed by atoms with van der Waals surface area (Å²) in [5, 5.41) is 20.5. The van der Waals surface area contributed by atoms with Crippen LogP contribution in [0, 0.1) is 11.8 Å². The van der Waals surface area contributed by atoms with E-state index in [4.69, 9.17) is 0 Å². The lowest BCUT2D eigenvalue weighted by atomic mass is 10.1. The fourth-order valence-corrected chi connectivity index (χ4v) is 3.24. The van der Waals surface area contributed by atoms with Gasteiger partial charge in [-0.2, -0.15) is 10.2 Å². The first kappa shape index (κ1) is 20.3. The molecule has 1 aromatic carbocycles. The molecule has 0 aliphatic carbocycles. The van der Waals surface area contributed by atoms with Crippen molar-refractivity contribution in [3.63, 3.8) is 0 Å². The molecular formula is C23H22N6O2. The summed E-state index contributed by atoms with van der Waals surface area (Å²) < 4.78 is 1.70. The van der Waals surface area contributed by atoms with Gasteiger partial charge in [0.2, 0.25) is 0 Å². The van der Waals surface area contributed by atoms with E-state index >= 15 is 0 Å². The van der Waals surface area contributed by atoms with E-state index in [2.05, 4.69) is 32.1 Å². The summed E-state index contributed by atoms with van der Waals surface area (Å²) in [7, 11) is 0. The van der Waals surface area contributed by atoms with Crippen LogP contribution in [-0.4, -0.2) is 60.4 Å². The Labute approximate surface area is 179 Å². The summed E-state index contributed by atoms with van der Waals surface area (Å²) in [6.07, 6.45) is 5.90. The number of imidazole rings is 1. The molecule has 0 bridgehead atoms. The van der Waals surface area contributed by atoms with Gasteiger partial charge in [0.05, 0.1) is 30.3 Å². The Hall–Kier alpha value is -3.96. The van der Waals surface area contributed by atoms with E-state index in [9.17, 15) is 9.90 Å². The van der Waals surface area contributed by atoms with Crippen molar-refractivity contribution in [1.82, 2.24) is 29.7 Å². The first-order valence-electron chi connectivity index (χ1n) is 10.1. The Morgan fingerprint density at radius 1 is 1.13 bits per heavy atom. The van der Waals surface area contributed by atoms with Crippen molar-refractivity contribution in [1.29, 1.82) is 0 Å². The van der Waals surface area contributed by atoms with Gasteiger partial charge in [-0.15, -0.1) is 0 Å². The SMILES string of the molecule is CCCN(CCO)C(=O)c1ccc(-c2ccc3ncc(C#Cc4cn[nH]c4)n3n2)cc1. The van der Waals surface area contributed by atoms with Crippen molar-refractivity contribution < 1.29 is 9.90 Å². The van der Waals surface area contributed by atoms with Crippen LogP contribution in [0.15, 0.2) is 55.0 Å². The molecule has 2 N–H and O–H groups in total. The highest BCUT2D eigenvalue weighted by Gasteiger charge is 2.15. The number of benzene rings is 1. The smallest absolute Gasteiger partial charge is 0.253 e. The van der Waals surface area contributed by atoms with Gasteiger partial charge < -0.3 is 10.0 Å². The second-order valence-corrected chi connectivity index (χ2v) is 6.96. The summed E-state index contributed by atoms with van der Waals surface area (Å²) in [6, 6.07) is 11.1. The Balaban J connectivity index is 1.60. The Morgan fingerprint density at radius 3 is 2.68 bits per heavy atom. The van der Waals surface area contributed by atoms with Gasteiger partial charge in [0.25, 0.3) is 5.91 Å².